The smallest absolute Gasteiger partial charge is 0.258 e. The van der Waals surface area contributed by atoms with E-state index in [4.69, 9.17) is 9.47 Å². The number of hydrogen-bond donors (Lipinski definition) is 3. The molecule has 7 nitrogen and oxygen atoms in total. The fourth-order valence-electron chi connectivity index (χ4n) is 2.49. The Morgan fingerprint density at radius 3 is 2.74 bits per heavy atom. The monoisotopic (exact) mass is 370 g/mol. The van der Waals surface area contributed by atoms with Crippen molar-refractivity contribution in [2.75, 3.05) is 19.0 Å². The van der Waals surface area contributed by atoms with Crippen LogP contribution in [0, 0.1) is 5.92 Å². The van der Waals surface area contributed by atoms with Crippen molar-refractivity contribution in [1.29, 1.82) is 0 Å². The van der Waals surface area contributed by atoms with E-state index in [0.29, 0.717) is 17.2 Å². The Morgan fingerprint density at radius 2 is 2.00 bits per heavy atom. The molecular weight excluding hydrogens is 348 g/mol. The van der Waals surface area contributed by atoms with Crippen LogP contribution in [-0.4, -0.2) is 30.6 Å². The van der Waals surface area contributed by atoms with Gasteiger partial charge in [0, 0.05) is 24.2 Å². The lowest BCUT2D eigenvalue weighted by atomic mass is 10.2. The van der Waals surface area contributed by atoms with Gasteiger partial charge < -0.3 is 25.2 Å². The van der Waals surface area contributed by atoms with Crippen molar-refractivity contribution in [1.82, 2.24) is 5.32 Å². The summed E-state index contributed by atoms with van der Waals surface area (Å²) in [5.41, 5.74) is 1.45. The van der Waals surface area contributed by atoms with Crippen molar-refractivity contribution in [2.45, 2.75) is 19.4 Å². The van der Waals surface area contributed by atoms with Crippen LogP contribution in [0.4, 0.5) is 5.69 Å². The first-order valence-corrected chi connectivity index (χ1v) is 8.71. The van der Waals surface area contributed by atoms with Crippen LogP contribution < -0.4 is 20.1 Å². The van der Waals surface area contributed by atoms with Crippen molar-refractivity contribution in [3.8, 4) is 17.2 Å². The third kappa shape index (κ3) is 5.37. The number of aromatic hydroxyl groups is 1. The van der Waals surface area contributed by atoms with Crippen molar-refractivity contribution in [3.63, 3.8) is 0 Å². The summed E-state index contributed by atoms with van der Waals surface area (Å²) in [6.45, 7) is 0.144. The van der Waals surface area contributed by atoms with E-state index in [1.807, 2.05) is 0 Å². The summed E-state index contributed by atoms with van der Waals surface area (Å²) in [6.07, 6.45) is 1.88. The van der Waals surface area contributed by atoms with Gasteiger partial charge in [-0.05, 0) is 42.7 Å². The van der Waals surface area contributed by atoms with E-state index in [2.05, 4.69) is 10.6 Å². The number of amides is 2. The van der Waals surface area contributed by atoms with Gasteiger partial charge in [0.2, 0.25) is 5.91 Å². The topological polar surface area (TPSA) is 96.9 Å². The number of rotatable bonds is 8. The van der Waals surface area contributed by atoms with Crippen molar-refractivity contribution in [2.24, 2.45) is 5.92 Å². The molecule has 1 saturated carbocycles. The van der Waals surface area contributed by atoms with E-state index in [1.165, 1.54) is 13.2 Å². The van der Waals surface area contributed by atoms with Crippen LogP contribution >= 0.6 is 0 Å². The highest BCUT2D eigenvalue weighted by molar-refractivity contribution is 5.94. The normalized spacial score (nSPS) is 12.9. The first-order valence-electron chi connectivity index (χ1n) is 8.71. The molecule has 3 rings (SSSR count). The highest BCUT2D eigenvalue weighted by Gasteiger charge is 2.29. The first kappa shape index (κ1) is 18.6. The molecule has 2 aromatic rings. The molecule has 0 spiro atoms. The third-order valence-electron chi connectivity index (χ3n) is 4.15. The number of phenolic OH excluding ortho intramolecular Hbond substituents is 1. The van der Waals surface area contributed by atoms with Crippen molar-refractivity contribution in [3.05, 3.63) is 48.0 Å². The maximum atomic E-state index is 12.0. The Labute approximate surface area is 157 Å². The molecule has 7 heteroatoms. The Balaban J connectivity index is 1.46. The molecule has 0 saturated heterocycles. The second kappa shape index (κ2) is 8.44. The Bertz CT molecular complexity index is 833. The SMILES string of the molecule is COc1cc(CNC(=O)COc2cccc(NC(=O)C3CC3)c2)ccc1O. The van der Waals surface area contributed by atoms with Crippen LogP contribution in [-0.2, 0) is 16.1 Å². The lowest BCUT2D eigenvalue weighted by Gasteiger charge is -2.10. The van der Waals surface area contributed by atoms with Crippen LogP contribution in [0.15, 0.2) is 42.5 Å². The van der Waals surface area contributed by atoms with Gasteiger partial charge in [0.25, 0.3) is 5.91 Å². The standard InChI is InChI=1S/C20H22N2O5/c1-26-18-9-13(5-8-17(18)23)11-21-19(24)12-27-16-4-2-3-15(10-16)22-20(25)14-6-7-14/h2-5,8-10,14,23H,6-7,11-12H2,1H3,(H,21,24)(H,22,25). The number of carbonyl (C=O) groups excluding carboxylic acids is 2. The summed E-state index contributed by atoms with van der Waals surface area (Å²) in [4.78, 5) is 23.8. The molecule has 0 heterocycles. The number of benzene rings is 2. The Kier molecular flexibility index (Phi) is 5.80. The van der Waals surface area contributed by atoms with Crippen LogP contribution in [0.5, 0.6) is 17.2 Å². The second-order valence-electron chi connectivity index (χ2n) is 6.36. The van der Waals surface area contributed by atoms with Crippen LogP contribution in [0.1, 0.15) is 18.4 Å². The summed E-state index contributed by atoms with van der Waals surface area (Å²) in [5, 5.41) is 15.2. The number of methoxy groups -OCH3 is 1. The Morgan fingerprint density at radius 1 is 1.19 bits per heavy atom. The highest BCUT2D eigenvalue weighted by Crippen LogP contribution is 2.30. The number of anilines is 1. The van der Waals surface area contributed by atoms with Crippen molar-refractivity contribution < 1.29 is 24.2 Å². The second-order valence-corrected chi connectivity index (χ2v) is 6.36. The molecule has 2 aromatic carbocycles. The summed E-state index contributed by atoms with van der Waals surface area (Å²) < 4.78 is 10.5. The number of nitrogens with one attached hydrogen (secondary N) is 2. The largest absolute Gasteiger partial charge is 0.504 e. The summed E-state index contributed by atoms with van der Waals surface area (Å²) in [7, 11) is 1.46. The summed E-state index contributed by atoms with van der Waals surface area (Å²) in [5.74, 6) is 0.764. The van der Waals surface area contributed by atoms with Gasteiger partial charge in [0.05, 0.1) is 7.11 Å². The quantitative estimate of drug-likeness (QED) is 0.663. The van der Waals surface area contributed by atoms with Gasteiger partial charge in [-0.25, -0.2) is 0 Å². The molecule has 0 atom stereocenters. The van der Waals surface area contributed by atoms with Crippen LogP contribution in [0.2, 0.25) is 0 Å². The minimum absolute atomic E-state index is 0.0224. The van der Waals surface area contributed by atoms with Gasteiger partial charge in [-0.1, -0.05) is 12.1 Å². The minimum atomic E-state index is -0.283. The van der Waals surface area contributed by atoms with E-state index in [-0.39, 0.29) is 36.6 Å². The van der Waals surface area contributed by atoms with E-state index in [0.717, 1.165) is 18.4 Å². The molecule has 0 aliphatic heterocycles. The van der Waals surface area contributed by atoms with Gasteiger partial charge in [-0.15, -0.1) is 0 Å². The number of hydrogen-bond acceptors (Lipinski definition) is 5. The molecule has 27 heavy (non-hydrogen) atoms. The van der Waals surface area contributed by atoms with Crippen LogP contribution in [0.3, 0.4) is 0 Å². The third-order valence-corrected chi connectivity index (χ3v) is 4.15. The first-order chi connectivity index (χ1) is 13.0. The minimum Gasteiger partial charge on any atom is -0.504 e. The number of phenols is 1. The fourth-order valence-corrected chi connectivity index (χ4v) is 2.49. The van der Waals surface area contributed by atoms with E-state index in [1.54, 1.807) is 36.4 Å². The van der Waals surface area contributed by atoms with Crippen LogP contribution in [0.25, 0.3) is 0 Å². The predicted octanol–water partition coefficient (Wildman–Crippen LogP) is 2.44. The zero-order valence-electron chi connectivity index (χ0n) is 15.0. The van der Waals surface area contributed by atoms with Gasteiger partial charge in [-0.3, -0.25) is 9.59 Å². The molecule has 0 radical (unpaired) electrons. The molecular formula is C20H22N2O5. The highest BCUT2D eigenvalue weighted by atomic mass is 16.5. The molecule has 2 amide bonds. The average molecular weight is 370 g/mol. The van der Waals surface area contributed by atoms with Gasteiger partial charge >= 0.3 is 0 Å². The lowest BCUT2D eigenvalue weighted by molar-refractivity contribution is -0.123. The maximum absolute atomic E-state index is 12.0. The van der Waals surface area contributed by atoms with Gasteiger partial charge in [0.15, 0.2) is 18.1 Å². The van der Waals surface area contributed by atoms with Gasteiger partial charge in [0.1, 0.15) is 5.75 Å². The molecule has 1 aliphatic rings. The molecule has 0 aromatic heterocycles. The van der Waals surface area contributed by atoms with E-state index < -0.39 is 0 Å². The summed E-state index contributed by atoms with van der Waals surface area (Å²) >= 11 is 0. The molecule has 1 fully saturated rings. The summed E-state index contributed by atoms with van der Waals surface area (Å²) in [6, 6.07) is 11.8. The fraction of sp³-hybridized carbons (Fsp3) is 0.300. The Hall–Kier alpha value is -3.22. The molecule has 1 aliphatic carbocycles. The average Bonchev–Trinajstić information content (AvgIpc) is 3.51. The molecule has 3 N–H and O–H groups in total. The van der Waals surface area contributed by atoms with Gasteiger partial charge in [-0.2, -0.15) is 0 Å². The molecule has 0 bridgehead atoms. The lowest BCUT2D eigenvalue weighted by Crippen LogP contribution is -2.28. The number of carbonyl (C=O) groups is 2. The predicted molar refractivity (Wildman–Crippen MR) is 99.8 cm³/mol. The number of ether oxygens (including phenoxy) is 2. The maximum Gasteiger partial charge on any atom is 0.258 e. The van der Waals surface area contributed by atoms with Crippen molar-refractivity contribution >= 4 is 17.5 Å². The molecule has 0 unspecified atom stereocenters. The zero-order chi connectivity index (χ0) is 19.2. The molecule has 142 valence electrons. The van der Waals surface area contributed by atoms with E-state index in [9.17, 15) is 14.7 Å². The zero-order valence-corrected chi connectivity index (χ0v) is 15.0. The van der Waals surface area contributed by atoms with E-state index >= 15 is 0 Å².